The fourth-order valence-corrected chi connectivity index (χ4v) is 4.96. The smallest absolute Gasteiger partial charge is 0.341 e. The maximum absolute atomic E-state index is 12.8. The average Bonchev–Trinajstić information content (AvgIpc) is 3.29. The number of amides is 1. The van der Waals surface area contributed by atoms with Gasteiger partial charge in [-0.15, -0.1) is 11.3 Å². The average molecular weight is 476 g/mol. The SMILES string of the molecule is COC(=O)c1c(-c2ccccc2)csc1NC(=O)CN1CCN(C/C=C/c2ccccc2)CC1. The number of hydrogen-bond donors (Lipinski definition) is 1. The molecule has 0 unspecified atom stereocenters. The van der Waals surface area contributed by atoms with E-state index in [0.29, 0.717) is 17.1 Å². The van der Waals surface area contributed by atoms with Crippen LogP contribution >= 0.6 is 11.3 Å². The second kappa shape index (κ2) is 11.7. The molecule has 4 rings (SSSR count). The third kappa shape index (κ3) is 6.20. The molecule has 0 bridgehead atoms. The van der Waals surface area contributed by atoms with Crippen LogP contribution in [0.3, 0.4) is 0 Å². The van der Waals surface area contributed by atoms with Crippen LogP contribution in [-0.4, -0.2) is 68.1 Å². The lowest BCUT2D eigenvalue weighted by atomic mass is 10.0. The lowest BCUT2D eigenvalue weighted by Crippen LogP contribution is -2.48. The molecule has 2 aromatic carbocycles. The molecule has 1 N–H and O–H groups in total. The van der Waals surface area contributed by atoms with E-state index in [9.17, 15) is 9.59 Å². The third-order valence-corrected chi connectivity index (χ3v) is 6.72. The number of hydrogen-bond acceptors (Lipinski definition) is 6. The number of nitrogens with one attached hydrogen (secondary N) is 1. The van der Waals surface area contributed by atoms with Gasteiger partial charge in [-0.25, -0.2) is 4.79 Å². The van der Waals surface area contributed by atoms with Gasteiger partial charge >= 0.3 is 5.97 Å². The first-order chi connectivity index (χ1) is 16.6. The first kappa shape index (κ1) is 23.9. The van der Waals surface area contributed by atoms with Gasteiger partial charge in [-0.3, -0.25) is 14.6 Å². The van der Waals surface area contributed by atoms with E-state index in [2.05, 4.69) is 39.4 Å². The van der Waals surface area contributed by atoms with E-state index in [-0.39, 0.29) is 5.91 Å². The number of thiophene rings is 1. The topological polar surface area (TPSA) is 61.9 Å². The quantitative estimate of drug-likeness (QED) is 0.487. The van der Waals surface area contributed by atoms with Crippen LogP contribution in [0.5, 0.6) is 0 Å². The maximum Gasteiger partial charge on any atom is 0.341 e. The van der Waals surface area contributed by atoms with Gasteiger partial charge in [-0.2, -0.15) is 0 Å². The zero-order chi connectivity index (χ0) is 23.8. The van der Waals surface area contributed by atoms with Crippen molar-refractivity contribution in [3.05, 3.63) is 83.2 Å². The first-order valence-electron chi connectivity index (χ1n) is 11.4. The van der Waals surface area contributed by atoms with E-state index in [1.807, 2.05) is 53.9 Å². The van der Waals surface area contributed by atoms with Crippen molar-refractivity contribution in [3.8, 4) is 11.1 Å². The summed E-state index contributed by atoms with van der Waals surface area (Å²) in [6.07, 6.45) is 4.33. The van der Waals surface area contributed by atoms with Crippen molar-refractivity contribution in [1.82, 2.24) is 9.80 Å². The van der Waals surface area contributed by atoms with Crippen LogP contribution in [0.25, 0.3) is 17.2 Å². The molecule has 1 aliphatic heterocycles. The summed E-state index contributed by atoms with van der Waals surface area (Å²) in [7, 11) is 1.36. The number of piperazine rings is 1. The molecule has 7 heteroatoms. The molecule has 176 valence electrons. The lowest BCUT2D eigenvalue weighted by Gasteiger charge is -2.33. The second-order valence-corrected chi connectivity index (χ2v) is 9.03. The van der Waals surface area contributed by atoms with E-state index in [1.165, 1.54) is 24.0 Å². The minimum Gasteiger partial charge on any atom is -0.465 e. The summed E-state index contributed by atoms with van der Waals surface area (Å²) in [5.41, 5.74) is 3.29. The number of anilines is 1. The normalized spacial score (nSPS) is 14.9. The standard InChI is InChI=1S/C27H29N3O3S/c1-33-27(32)25-23(22-12-6-3-7-13-22)20-34-26(25)28-24(31)19-30-17-15-29(16-18-30)14-8-11-21-9-4-2-5-10-21/h2-13,20H,14-19H2,1H3,(H,28,31)/b11-8+. The molecule has 0 atom stereocenters. The monoisotopic (exact) mass is 475 g/mol. The molecule has 0 saturated carbocycles. The van der Waals surface area contributed by atoms with E-state index in [4.69, 9.17) is 4.74 Å². The Morgan fingerprint density at radius 3 is 2.29 bits per heavy atom. The maximum atomic E-state index is 12.8. The van der Waals surface area contributed by atoms with Gasteiger partial charge in [0.15, 0.2) is 0 Å². The highest BCUT2D eigenvalue weighted by Gasteiger charge is 2.24. The first-order valence-corrected chi connectivity index (χ1v) is 12.2. The fourth-order valence-electron chi connectivity index (χ4n) is 3.99. The van der Waals surface area contributed by atoms with E-state index in [1.54, 1.807) is 0 Å². The minimum atomic E-state index is -0.451. The Balaban J connectivity index is 1.30. The number of esters is 1. The van der Waals surface area contributed by atoms with Gasteiger partial charge < -0.3 is 10.1 Å². The summed E-state index contributed by atoms with van der Waals surface area (Å²) < 4.78 is 5.00. The molecule has 1 amide bonds. The molecule has 0 radical (unpaired) electrons. The lowest BCUT2D eigenvalue weighted by molar-refractivity contribution is -0.117. The van der Waals surface area contributed by atoms with Crippen molar-refractivity contribution in [2.75, 3.05) is 51.7 Å². The van der Waals surface area contributed by atoms with Crippen LogP contribution in [0.1, 0.15) is 15.9 Å². The number of benzene rings is 2. The number of nitrogens with zero attached hydrogens (tertiary/aromatic N) is 2. The van der Waals surface area contributed by atoms with Crippen molar-refractivity contribution in [3.63, 3.8) is 0 Å². The Labute approximate surface area is 204 Å². The van der Waals surface area contributed by atoms with Crippen molar-refractivity contribution < 1.29 is 14.3 Å². The molecule has 1 aromatic heterocycles. The predicted octanol–water partition coefficient (Wildman–Crippen LogP) is 4.47. The molecule has 2 heterocycles. The number of carbonyl (C=O) groups is 2. The van der Waals surface area contributed by atoms with Gasteiger partial charge in [0.05, 0.1) is 13.7 Å². The summed E-state index contributed by atoms with van der Waals surface area (Å²) >= 11 is 1.35. The molecule has 0 aliphatic carbocycles. The Hall–Kier alpha value is -3.26. The van der Waals surface area contributed by atoms with E-state index in [0.717, 1.165) is 43.9 Å². The predicted molar refractivity (Wildman–Crippen MR) is 138 cm³/mol. The van der Waals surface area contributed by atoms with Crippen LogP contribution < -0.4 is 5.32 Å². The number of methoxy groups -OCH3 is 1. The molecular weight excluding hydrogens is 446 g/mol. The minimum absolute atomic E-state index is 0.121. The Kier molecular flexibility index (Phi) is 8.25. The summed E-state index contributed by atoms with van der Waals surface area (Å²) in [4.78, 5) is 29.8. The summed E-state index contributed by atoms with van der Waals surface area (Å²) in [5.74, 6) is -0.573. The number of ether oxygens (including phenoxy) is 1. The molecule has 34 heavy (non-hydrogen) atoms. The summed E-state index contributed by atoms with van der Waals surface area (Å²) in [6, 6.07) is 19.9. The van der Waals surface area contributed by atoms with Crippen LogP contribution in [-0.2, 0) is 9.53 Å². The van der Waals surface area contributed by atoms with Crippen molar-refractivity contribution in [1.29, 1.82) is 0 Å². The van der Waals surface area contributed by atoms with Crippen LogP contribution in [0.4, 0.5) is 5.00 Å². The van der Waals surface area contributed by atoms with Crippen LogP contribution in [0.2, 0.25) is 0 Å². The van der Waals surface area contributed by atoms with Crippen LogP contribution in [0, 0.1) is 0 Å². The van der Waals surface area contributed by atoms with Gasteiger partial charge in [0.25, 0.3) is 0 Å². The highest BCUT2D eigenvalue weighted by Crippen LogP contribution is 2.36. The molecule has 1 fully saturated rings. The van der Waals surface area contributed by atoms with Gasteiger partial charge in [0, 0.05) is 43.7 Å². The van der Waals surface area contributed by atoms with Gasteiger partial charge in [0.2, 0.25) is 5.91 Å². The zero-order valence-corrected chi connectivity index (χ0v) is 20.1. The Bertz CT molecular complexity index is 1120. The third-order valence-electron chi connectivity index (χ3n) is 5.82. The molecular formula is C27H29N3O3S. The second-order valence-electron chi connectivity index (χ2n) is 8.15. The van der Waals surface area contributed by atoms with Crippen molar-refractivity contribution >= 4 is 34.3 Å². The number of rotatable bonds is 8. The molecule has 1 saturated heterocycles. The summed E-state index contributed by atoms with van der Waals surface area (Å²) in [6.45, 7) is 4.68. The Morgan fingerprint density at radius 2 is 1.62 bits per heavy atom. The van der Waals surface area contributed by atoms with Crippen molar-refractivity contribution in [2.24, 2.45) is 0 Å². The van der Waals surface area contributed by atoms with Crippen LogP contribution in [0.15, 0.2) is 72.1 Å². The van der Waals surface area contributed by atoms with E-state index >= 15 is 0 Å². The Morgan fingerprint density at radius 1 is 0.971 bits per heavy atom. The summed E-state index contributed by atoms with van der Waals surface area (Å²) in [5, 5.41) is 5.36. The molecule has 1 aliphatic rings. The molecule has 3 aromatic rings. The number of carbonyl (C=O) groups excluding carboxylic acids is 2. The van der Waals surface area contributed by atoms with Crippen molar-refractivity contribution in [2.45, 2.75) is 0 Å². The molecule has 0 spiro atoms. The van der Waals surface area contributed by atoms with E-state index < -0.39 is 5.97 Å². The highest BCUT2D eigenvalue weighted by atomic mass is 32.1. The van der Waals surface area contributed by atoms with Gasteiger partial charge in [-0.1, -0.05) is 72.8 Å². The fraction of sp³-hybridized carbons (Fsp3) is 0.259. The largest absolute Gasteiger partial charge is 0.465 e. The molecule has 6 nitrogen and oxygen atoms in total. The van der Waals surface area contributed by atoms with Gasteiger partial charge in [0.1, 0.15) is 10.6 Å². The zero-order valence-electron chi connectivity index (χ0n) is 19.3. The highest BCUT2D eigenvalue weighted by molar-refractivity contribution is 7.15. The van der Waals surface area contributed by atoms with Gasteiger partial charge in [-0.05, 0) is 11.1 Å².